The molecule has 0 atom stereocenters. The quantitative estimate of drug-likeness (QED) is 0.386. The lowest BCUT2D eigenvalue weighted by atomic mass is 10.2. The predicted molar refractivity (Wildman–Crippen MR) is 69.5 cm³/mol. The Labute approximate surface area is 112 Å². The summed E-state index contributed by atoms with van der Waals surface area (Å²) in [5.74, 6) is -0.286. The molecule has 3 N–H and O–H groups in total. The lowest BCUT2D eigenvalue weighted by molar-refractivity contribution is 0.0813. The number of oxime groups is 1. The van der Waals surface area contributed by atoms with E-state index in [1.165, 1.54) is 4.90 Å². The third-order valence-corrected chi connectivity index (χ3v) is 2.93. The zero-order valence-corrected chi connectivity index (χ0v) is 11.4. The summed E-state index contributed by atoms with van der Waals surface area (Å²) in [4.78, 5) is 13.3. The van der Waals surface area contributed by atoms with Crippen LogP contribution in [0.5, 0.6) is 0 Å². The molecule has 0 bridgehead atoms. The number of carbonyl (C=O) groups is 1. The lowest BCUT2D eigenvalue weighted by Gasteiger charge is -2.17. The summed E-state index contributed by atoms with van der Waals surface area (Å²) in [6.07, 6.45) is 0. The van der Waals surface area contributed by atoms with E-state index in [2.05, 4.69) is 21.1 Å². The fraction of sp³-hybridized carbons (Fsp3) is 0.200. The first-order valence-corrected chi connectivity index (χ1v) is 5.79. The Kier molecular flexibility index (Phi) is 4.77. The Morgan fingerprint density at radius 2 is 2.29 bits per heavy atom. The molecule has 0 saturated heterocycles. The summed E-state index contributed by atoms with van der Waals surface area (Å²) < 4.78 is 0.598. The van der Waals surface area contributed by atoms with Crippen LogP contribution in [0.2, 0.25) is 5.02 Å². The van der Waals surface area contributed by atoms with Gasteiger partial charge in [-0.15, -0.1) is 0 Å². The second-order valence-corrected chi connectivity index (χ2v) is 4.67. The highest BCUT2D eigenvalue weighted by atomic mass is 79.9. The second-order valence-electron chi connectivity index (χ2n) is 3.38. The van der Waals surface area contributed by atoms with Gasteiger partial charge >= 0.3 is 0 Å². The smallest absolute Gasteiger partial charge is 0.255 e. The van der Waals surface area contributed by atoms with Gasteiger partial charge in [-0.2, -0.15) is 0 Å². The fourth-order valence-electron chi connectivity index (χ4n) is 1.21. The molecule has 1 aromatic rings. The van der Waals surface area contributed by atoms with E-state index in [0.29, 0.717) is 15.1 Å². The molecule has 7 heteroatoms. The molecular formula is C10H11BrClN3O2. The molecule has 0 unspecified atom stereocenters. The van der Waals surface area contributed by atoms with E-state index in [4.69, 9.17) is 22.5 Å². The Morgan fingerprint density at radius 1 is 1.65 bits per heavy atom. The van der Waals surface area contributed by atoms with Crippen molar-refractivity contribution in [1.29, 1.82) is 0 Å². The number of amides is 1. The number of nitrogens with two attached hydrogens (primary N) is 1. The summed E-state index contributed by atoms with van der Waals surface area (Å²) in [5, 5.41) is 11.8. The molecule has 0 fully saturated rings. The average Bonchev–Trinajstić information content (AvgIpc) is 2.28. The largest absolute Gasteiger partial charge is 0.409 e. The Balaban J connectivity index is 2.89. The van der Waals surface area contributed by atoms with Gasteiger partial charge in [0, 0.05) is 16.5 Å². The minimum absolute atomic E-state index is 0.0362. The van der Waals surface area contributed by atoms with Gasteiger partial charge < -0.3 is 15.8 Å². The monoisotopic (exact) mass is 319 g/mol. The van der Waals surface area contributed by atoms with Crippen LogP contribution in [0.3, 0.4) is 0 Å². The number of likely N-dealkylation sites (N-methyl/N-ethyl adjacent to an activating group) is 1. The van der Waals surface area contributed by atoms with Gasteiger partial charge in [0.25, 0.3) is 5.91 Å². The van der Waals surface area contributed by atoms with Crippen LogP contribution >= 0.6 is 27.5 Å². The van der Waals surface area contributed by atoms with E-state index in [-0.39, 0.29) is 18.3 Å². The van der Waals surface area contributed by atoms with Crippen LogP contribution < -0.4 is 5.73 Å². The van der Waals surface area contributed by atoms with Gasteiger partial charge in [0.2, 0.25) is 0 Å². The van der Waals surface area contributed by atoms with Crippen LogP contribution in [0.25, 0.3) is 0 Å². The highest BCUT2D eigenvalue weighted by Crippen LogP contribution is 2.22. The second kappa shape index (κ2) is 5.88. The Morgan fingerprint density at radius 3 is 2.82 bits per heavy atom. The first kappa shape index (κ1) is 13.8. The molecule has 0 aliphatic rings. The molecule has 1 aromatic carbocycles. The van der Waals surface area contributed by atoms with Gasteiger partial charge in [-0.3, -0.25) is 4.79 Å². The zero-order valence-electron chi connectivity index (χ0n) is 9.02. The van der Waals surface area contributed by atoms with Crippen molar-refractivity contribution in [2.24, 2.45) is 10.9 Å². The van der Waals surface area contributed by atoms with Crippen molar-refractivity contribution < 1.29 is 10.0 Å². The van der Waals surface area contributed by atoms with E-state index in [0.717, 1.165) is 0 Å². The van der Waals surface area contributed by atoms with Crippen LogP contribution in [-0.4, -0.2) is 35.4 Å². The van der Waals surface area contributed by atoms with Crippen molar-refractivity contribution in [2.75, 3.05) is 13.6 Å². The number of benzene rings is 1. The van der Waals surface area contributed by atoms with Crippen molar-refractivity contribution in [3.63, 3.8) is 0 Å². The van der Waals surface area contributed by atoms with Gasteiger partial charge in [0.05, 0.1) is 12.1 Å². The number of nitrogens with zero attached hydrogens (tertiary/aromatic N) is 2. The van der Waals surface area contributed by atoms with Gasteiger partial charge in [0.1, 0.15) is 0 Å². The van der Waals surface area contributed by atoms with Gasteiger partial charge in [-0.1, -0.05) is 16.8 Å². The maximum atomic E-state index is 12.0. The van der Waals surface area contributed by atoms with Crippen molar-refractivity contribution in [1.82, 2.24) is 4.90 Å². The summed E-state index contributed by atoms with van der Waals surface area (Å²) in [6.45, 7) is 0.0460. The number of hydrogen-bond acceptors (Lipinski definition) is 3. The van der Waals surface area contributed by atoms with Crippen molar-refractivity contribution in [2.45, 2.75) is 0 Å². The maximum absolute atomic E-state index is 12.0. The van der Waals surface area contributed by atoms with Gasteiger partial charge in [-0.05, 0) is 34.1 Å². The topological polar surface area (TPSA) is 78.9 Å². The fourth-order valence-corrected chi connectivity index (χ4v) is 2.07. The number of hydrogen-bond donors (Lipinski definition) is 2. The number of amidine groups is 1. The molecule has 17 heavy (non-hydrogen) atoms. The molecule has 1 rings (SSSR count). The van der Waals surface area contributed by atoms with Crippen molar-refractivity contribution in [3.05, 3.63) is 33.3 Å². The molecule has 0 saturated carbocycles. The summed E-state index contributed by atoms with van der Waals surface area (Å²) in [5.41, 5.74) is 5.79. The van der Waals surface area contributed by atoms with Crippen LogP contribution in [0, 0.1) is 0 Å². The third-order valence-electron chi connectivity index (χ3n) is 2.04. The van der Waals surface area contributed by atoms with E-state index in [9.17, 15) is 4.79 Å². The number of halogens is 2. The van der Waals surface area contributed by atoms with Crippen LogP contribution in [0.1, 0.15) is 10.4 Å². The van der Waals surface area contributed by atoms with Crippen LogP contribution in [0.4, 0.5) is 0 Å². The molecule has 0 radical (unpaired) electrons. The van der Waals surface area contributed by atoms with Gasteiger partial charge in [-0.25, -0.2) is 0 Å². The number of carbonyl (C=O) groups excluding carboxylic acids is 1. The first-order chi connectivity index (χ1) is 7.95. The minimum Gasteiger partial charge on any atom is -0.409 e. The molecule has 1 amide bonds. The highest BCUT2D eigenvalue weighted by Gasteiger charge is 2.15. The molecule has 0 spiro atoms. The summed E-state index contributed by atoms with van der Waals surface area (Å²) in [6, 6.07) is 4.86. The Bertz CT molecular complexity index is 465. The summed E-state index contributed by atoms with van der Waals surface area (Å²) >= 11 is 9.04. The SMILES string of the molecule is CN(C/C(N)=N/O)C(=O)c1ccc(Cl)cc1Br. The third kappa shape index (κ3) is 3.61. The van der Waals surface area contributed by atoms with E-state index >= 15 is 0 Å². The van der Waals surface area contributed by atoms with E-state index in [1.54, 1.807) is 25.2 Å². The molecule has 92 valence electrons. The highest BCUT2D eigenvalue weighted by molar-refractivity contribution is 9.10. The molecule has 5 nitrogen and oxygen atoms in total. The standard InChI is InChI=1S/C10H11BrClN3O2/c1-15(5-9(13)14-17)10(16)7-3-2-6(12)4-8(7)11/h2-4,17H,5H2,1H3,(H2,13,14). The molecule has 0 aliphatic heterocycles. The van der Waals surface area contributed by atoms with Crippen molar-refractivity contribution >= 4 is 39.3 Å². The van der Waals surface area contributed by atoms with Crippen LogP contribution in [0.15, 0.2) is 27.8 Å². The Hall–Kier alpha value is -1.27. The minimum atomic E-state index is -0.250. The predicted octanol–water partition coefficient (Wildman–Crippen LogP) is 1.92. The first-order valence-electron chi connectivity index (χ1n) is 4.62. The van der Waals surface area contributed by atoms with Crippen molar-refractivity contribution in [3.8, 4) is 0 Å². The zero-order chi connectivity index (χ0) is 13.0. The van der Waals surface area contributed by atoms with E-state index in [1.807, 2.05) is 0 Å². The molecule has 0 aromatic heterocycles. The molecular weight excluding hydrogens is 309 g/mol. The normalized spacial score (nSPS) is 11.4. The van der Waals surface area contributed by atoms with Crippen LogP contribution in [-0.2, 0) is 0 Å². The van der Waals surface area contributed by atoms with E-state index < -0.39 is 0 Å². The maximum Gasteiger partial charge on any atom is 0.255 e. The summed E-state index contributed by atoms with van der Waals surface area (Å²) in [7, 11) is 1.56. The lowest BCUT2D eigenvalue weighted by Crippen LogP contribution is -2.35. The number of rotatable bonds is 3. The molecule has 0 heterocycles. The average molecular weight is 321 g/mol. The molecule has 0 aliphatic carbocycles. The van der Waals surface area contributed by atoms with Gasteiger partial charge in [0.15, 0.2) is 5.84 Å².